The summed E-state index contributed by atoms with van der Waals surface area (Å²) >= 11 is 0. The number of nitrogens with zero attached hydrogens (tertiary/aromatic N) is 1. The Bertz CT molecular complexity index is 619. The van der Waals surface area contributed by atoms with Gasteiger partial charge in [-0.2, -0.15) is 0 Å². The number of hydrogen-bond acceptors (Lipinski definition) is 2. The average Bonchev–Trinajstić information content (AvgIpc) is 2.76. The van der Waals surface area contributed by atoms with E-state index in [0.29, 0.717) is 12.6 Å². The predicted octanol–water partition coefficient (Wildman–Crippen LogP) is 3.58. The Balaban J connectivity index is 2.01. The van der Waals surface area contributed by atoms with Gasteiger partial charge >= 0.3 is 0 Å². The third-order valence-electron chi connectivity index (χ3n) is 4.16. The highest BCUT2D eigenvalue weighted by molar-refractivity contribution is 5.73. The van der Waals surface area contributed by atoms with E-state index in [2.05, 4.69) is 61.2 Å². The van der Waals surface area contributed by atoms with Crippen molar-refractivity contribution < 1.29 is 0 Å². The first-order chi connectivity index (χ1) is 9.70. The number of fused-ring (bicyclic) bond motifs is 1. The highest BCUT2D eigenvalue weighted by Gasteiger charge is 2.27. The molecule has 0 radical (unpaired) electrons. The Kier molecular flexibility index (Phi) is 3.49. The largest absolute Gasteiger partial charge is 0.338 e. The minimum atomic E-state index is 0.520. The van der Waals surface area contributed by atoms with Gasteiger partial charge in [0, 0.05) is 17.4 Å². The van der Waals surface area contributed by atoms with Crippen LogP contribution < -0.4 is 10.6 Å². The first-order valence-electron chi connectivity index (χ1n) is 7.37. The standard InChI is InChI=1S/C18H22N2/c1-13-11-15(9-10-19)7-8-17(13)20-14(2)12-16-5-3-4-6-18(16)20/h3-8,11,14H,9-10,12,19H2,1-2H3. The third kappa shape index (κ3) is 2.20. The molecule has 2 heteroatoms. The SMILES string of the molecule is Cc1cc(CCN)ccc1N1c2ccccc2CC1C. The quantitative estimate of drug-likeness (QED) is 0.920. The molecular formula is C18H22N2. The molecule has 1 aliphatic rings. The summed E-state index contributed by atoms with van der Waals surface area (Å²) in [4.78, 5) is 2.47. The van der Waals surface area contributed by atoms with Crippen LogP contribution >= 0.6 is 0 Å². The highest BCUT2D eigenvalue weighted by atomic mass is 15.2. The van der Waals surface area contributed by atoms with Crippen molar-refractivity contribution in [2.75, 3.05) is 11.4 Å². The monoisotopic (exact) mass is 266 g/mol. The van der Waals surface area contributed by atoms with Crippen molar-refractivity contribution in [1.82, 2.24) is 0 Å². The van der Waals surface area contributed by atoms with Gasteiger partial charge in [-0.05, 0) is 62.1 Å². The molecule has 0 saturated carbocycles. The number of benzene rings is 2. The molecule has 1 atom stereocenters. The topological polar surface area (TPSA) is 29.3 Å². The fourth-order valence-corrected chi connectivity index (χ4v) is 3.24. The summed E-state index contributed by atoms with van der Waals surface area (Å²) in [5.41, 5.74) is 12.4. The van der Waals surface area contributed by atoms with Gasteiger partial charge in [0.25, 0.3) is 0 Å². The van der Waals surface area contributed by atoms with Crippen LogP contribution in [0.5, 0.6) is 0 Å². The molecule has 0 spiro atoms. The molecule has 2 nitrogen and oxygen atoms in total. The van der Waals surface area contributed by atoms with E-state index in [1.165, 1.54) is 28.1 Å². The molecule has 0 saturated heterocycles. The number of rotatable bonds is 3. The van der Waals surface area contributed by atoms with Crippen LogP contribution in [0.25, 0.3) is 0 Å². The van der Waals surface area contributed by atoms with Crippen molar-refractivity contribution in [3.05, 3.63) is 59.2 Å². The zero-order valence-corrected chi connectivity index (χ0v) is 12.3. The Morgan fingerprint density at radius 3 is 2.70 bits per heavy atom. The van der Waals surface area contributed by atoms with Gasteiger partial charge in [0.2, 0.25) is 0 Å². The van der Waals surface area contributed by atoms with Crippen LogP contribution in [0.15, 0.2) is 42.5 Å². The van der Waals surface area contributed by atoms with E-state index < -0.39 is 0 Å². The smallest absolute Gasteiger partial charge is 0.0446 e. The van der Waals surface area contributed by atoms with Gasteiger partial charge in [0.15, 0.2) is 0 Å². The molecule has 3 rings (SSSR count). The van der Waals surface area contributed by atoms with E-state index in [0.717, 1.165) is 12.8 Å². The molecule has 1 unspecified atom stereocenters. The fraction of sp³-hybridized carbons (Fsp3) is 0.333. The summed E-state index contributed by atoms with van der Waals surface area (Å²) in [5, 5.41) is 0. The molecule has 20 heavy (non-hydrogen) atoms. The second kappa shape index (κ2) is 5.29. The maximum absolute atomic E-state index is 5.65. The maximum atomic E-state index is 5.65. The molecule has 0 fully saturated rings. The molecule has 0 aliphatic carbocycles. The zero-order valence-electron chi connectivity index (χ0n) is 12.3. The van der Waals surface area contributed by atoms with Crippen LogP contribution in [-0.4, -0.2) is 12.6 Å². The summed E-state index contributed by atoms with van der Waals surface area (Å²) < 4.78 is 0. The molecule has 1 heterocycles. The minimum absolute atomic E-state index is 0.520. The summed E-state index contributed by atoms with van der Waals surface area (Å²) in [6.07, 6.45) is 2.08. The lowest BCUT2D eigenvalue weighted by atomic mass is 10.1. The Labute approximate surface area is 121 Å². The molecule has 2 N–H and O–H groups in total. The van der Waals surface area contributed by atoms with Gasteiger partial charge in [-0.3, -0.25) is 0 Å². The average molecular weight is 266 g/mol. The molecule has 104 valence electrons. The normalized spacial score (nSPS) is 17.4. The van der Waals surface area contributed by atoms with Crippen molar-refractivity contribution in [2.24, 2.45) is 5.73 Å². The second-order valence-corrected chi connectivity index (χ2v) is 5.71. The van der Waals surface area contributed by atoms with E-state index in [-0.39, 0.29) is 0 Å². The van der Waals surface area contributed by atoms with Crippen molar-refractivity contribution in [3.63, 3.8) is 0 Å². The first-order valence-corrected chi connectivity index (χ1v) is 7.37. The molecule has 0 aromatic heterocycles. The van der Waals surface area contributed by atoms with E-state index in [4.69, 9.17) is 5.73 Å². The second-order valence-electron chi connectivity index (χ2n) is 5.71. The van der Waals surface area contributed by atoms with Crippen LogP contribution in [-0.2, 0) is 12.8 Å². The zero-order chi connectivity index (χ0) is 14.1. The van der Waals surface area contributed by atoms with E-state index in [9.17, 15) is 0 Å². The predicted molar refractivity (Wildman–Crippen MR) is 85.7 cm³/mol. The van der Waals surface area contributed by atoms with Crippen molar-refractivity contribution >= 4 is 11.4 Å². The Hall–Kier alpha value is -1.80. The van der Waals surface area contributed by atoms with Crippen LogP contribution in [0.4, 0.5) is 11.4 Å². The van der Waals surface area contributed by atoms with Gasteiger partial charge in [-0.25, -0.2) is 0 Å². The summed E-state index contributed by atoms with van der Waals surface area (Å²) in [7, 11) is 0. The highest BCUT2D eigenvalue weighted by Crippen LogP contribution is 2.39. The first kappa shape index (κ1) is 13.2. The van der Waals surface area contributed by atoms with Crippen molar-refractivity contribution in [3.8, 4) is 0 Å². The molecule has 2 aromatic rings. The van der Waals surface area contributed by atoms with Crippen LogP contribution in [0.2, 0.25) is 0 Å². The minimum Gasteiger partial charge on any atom is -0.338 e. The van der Waals surface area contributed by atoms with Gasteiger partial charge in [-0.15, -0.1) is 0 Å². The number of nitrogens with two attached hydrogens (primary N) is 1. The molecular weight excluding hydrogens is 244 g/mol. The number of anilines is 2. The maximum Gasteiger partial charge on any atom is 0.0446 e. The van der Waals surface area contributed by atoms with E-state index in [1.807, 2.05) is 0 Å². The van der Waals surface area contributed by atoms with Gasteiger partial charge in [0.1, 0.15) is 0 Å². The number of hydrogen-bond donors (Lipinski definition) is 1. The molecule has 1 aliphatic heterocycles. The summed E-state index contributed by atoms with van der Waals surface area (Å²) in [6, 6.07) is 16.0. The van der Waals surface area contributed by atoms with Gasteiger partial charge in [0.05, 0.1) is 0 Å². The van der Waals surface area contributed by atoms with Gasteiger partial charge in [-0.1, -0.05) is 30.3 Å². The van der Waals surface area contributed by atoms with E-state index in [1.54, 1.807) is 0 Å². The van der Waals surface area contributed by atoms with Crippen molar-refractivity contribution in [1.29, 1.82) is 0 Å². The van der Waals surface area contributed by atoms with Crippen LogP contribution in [0.1, 0.15) is 23.6 Å². The third-order valence-corrected chi connectivity index (χ3v) is 4.16. The van der Waals surface area contributed by atoms with Crippen LogP contribution in [0.3, 0.4) is 0 Å². The van der Waals surface area contributed by atoms with Crippen LogP contribution in [0, 0.1) is 6.92 Å². The summed E-state index contributed by atoms with van der Waals surface area (Å²) in [6.45, 7) is 5.21. The van der Waals surface area contributed by atoms with Crippen molar-refractivity contribution in [2.45, 2.75) is 32.7 Å². The fourth-order valence-electron chi connectivity index (χ4n) is 3.24. The lowest BCUT2D eigenvalue weighted by molar-refractivity contribution is 0.757. The number of para-hydroxylation sites is 1. The Morgan fingerprint density at radius 1 is 1.15 bits per heavy atom. The lowest BCUT2D eigenvalue weighted by Crippen LogP contribution is -2.24. The van der Waals surface area contributed by atoms with E-state index >= 15 is 0 Å². The molecule has 0 bridgehead atoms. The number of aryl methyl sites for hydroxylation is 1. The van der Waals surface area contributed by atoms with Gasteiger partial charge < -0.3 is 10.6 Å². The molecule has 2 aromatic carbocycles. The lowest BCUT2D eigenvalue weighted by Gasteiger charge is -2.27. The summed E-state index contributed by atoms with van der Waals surface area (Å²) in [5.74, 6) is 0. The molecule has 0 amide bonds. The Morgan fingerprint density at radius 2 is 1.95 bits per heavy atom.